The minimum Gasteiger partial charge on any atom is -0.493 e. The van der Waals surface area contributed by atoms with Crippen molar-refractivity contribution >= 4 is 34.2 Å². The molecule has 96 heavy (non-hydrogen) atoms. The molecule has 6 aromatic carbocycles. The van der Waals surface area contributed by atoms with Gasteiger partial charge in [0, 0.05) is 103 Å². The molecule has 2 N–H and O–H groups in total. The van der Waals surface area contributed by atoms with Gasteiger partial charge in [-0.25, -0.2) is 14.1 Å². The Balaban J connectivity index is 0.000000677. The third-order valence-corrected chi connectivity index (χ3v) is 17.1. The van der Waals surface area contributed by atoms with Crippen LogP contribution in [-0.2, 0) is 75.4 Å². The van der Waals surface area contributed by atoms with Crippen LogP contribution in [0.2, 0.25) is 0 Å². The molecule has 0 unspecified atom stereocenters. The molecule has 0 atom stereocenters. The van der Waals surface area contributed by atoms with Crippen molar-refractivity contribution in [3.8, 4) is 0 Å². The van der Waals surface area contributed by atoms with Crippen LogP contribution in [0, 0.1) is 13.8 Å². The first kappa shape index (κ1) is 87.6. The third-order valence-electron chi connectivity index (χ3n) is 17.1. The van der Waals surface area contributed by atoms with Crippen molar-refractivity contribution in [1.82, 2.24) is 0 Å². The van der Waals surface area contributed by atoms with Crippen LogP contribution in [0.15, 0.2) is 181 Å². The first-order valence-electron chi connectivity index (χ1n) is 35.7. The van der Waals surface area contributed by atoms with Crippen LogP contribution in [0.4, 0.5) is 0 Å². The Morgan fingerprint density at radius 2 is 0.531 bits per heavy atom. The second-order valence-corrected chi connectivity index (χ2v) is 23.7. The maximum absolute atomic E-state index is 11.2. The summed E-state index contributed by atoms with van der Waals surface area (Å²) in [4.78, 5) is 0. The molecule has 0 amide bonds. The van der Waals surface area contributed by atoms with E-state index in [0.717, 1.165) is 140 Å². The molecule has 10 heteroatoms. The summed E-state index contributed by atoms with van der Waals surface area (Å²) in [5.41, 5.74) is 57.0. The van der Waals surface area contributed by atoms with E-state index in [1.165, 1.54) is 154 Å². The fourth-order valence-electron chi connectivity index (χ4n) is 12.0. The van der Waals surface area contributed by atoms with E-state index in [9.17, 15) is 16.6 Å². The standard InChI is InChI=1S/C28H36N2.2C26H32N2.2C2H5.2CH4O.Ni.Pd/c1-4-7-8-9-10-11-16-26-21-27(24-17-12-14-22(5-2)19-24)30(29)28(26)25-18-13-15-23(6-3)20-25;2*1-4-7-11-20-13-9-15-23(17-20)25-19-22(6-3)26(28(25)27)24-16-10-14-21(18-24)12-8-5-2;4*1-2;;/h12-15,17-21H,4-11,16H2,1-3H3;2*9-10,13-19H,4-8,11-12H2,1-3H3;2*1H2,2H3;2*2H,1H3;;/q;;;2*-1;;;+2;. The smallest absolute Gasteiger partial charge is 0.493 e. The normalized spacial score (nSPS) is 12.7. The van der Waals surface area contributed by atoms with Crippen LogP contribution < -0.4 is 0 Å². The van der Waals surface area contributed by atoms with Gasteiger partial charge in [-0.3, -0.25) is 0 Å². The van der Waals surface area contributed by atoms with Gasteiger partial charge in [0.15, 0.2) is 0 Å². The van der Waals surface area contributed by atoms with Gasteiger partial charge in [0.2, 0.25) is 34.2 Å². The molecular formula is C86H118N6NiO2Pd. The van der Waals surface area contributed by atoms with E-state index in [1.807, 2.05) is 0 Å². The SMILES string of the molecule is CCCCCCCCC1=C(c2cccc(CC)c2)[N+](=[N-])C(c2cccc(CC)c2)=C1.CCCCc1cccc(C2=CC(CC)=C(c3cccc(CCCC)c3)[N+]2=[N-])c1.CCCCc1cccc(C2=CC(CC)=C(c3cccc(CCCC)c3)[N+]2=[N-])c1.CO.CO.[CH2-]C.[CH2-]C.[Ni+2].[Pd]. The maximum atomic E-state index is 11.2. The number of unbranched alkanes of at least 4 members (excludes halogenated alkanes) is 9. The van der Waals surface area contributed by atoms with Crippen molar-refractivity contribution < 1.29 is 61.2 Å². The van der Waals surface area contributed by atoms with Crippen LogP contribution in [0.25, 0.3) is 50.8 Å². The summed E-state index contributed by atoms with van der Waals surface area (Å²) in [5.74, 6) is 0. The van der Waals surface area contributed by atoms with Crippen molar-refractivity contribution in [2.75, 3.05) is 14.2 Å². The largest absolute Gasteiger partial charge is 2.00 e. The molecule has 3 aliphatic heterocycles. The van der Waals surface area contributed by atoms with Gasteiger partial charge in [0.05, 0.1) is 0 Å². The van der Waals surface area contributed by atoms with E-state index in [4.69, 9.17) is 10.2 Å². The zero-order valence-electron chi connectivity index (χ0n) is 61.0. The summed E-state index contributed by atoms with van der Waals surface area (Å²) in [6.07, 6.45) is 32.9. The average molecular weight is 1430 g/mol. The van der Waals surface area contributed by atoms with Crippen molar-refractivity contribution in [2.45, 2.75) is 224 Å². The summed E-state index contributed by atoms with van der Waals surface area (Å²) in [7, 11) is 2.00. The fourth-order valence-corrected chi connectivity index (χ4v) is 12.0. The number of aliphatic hydroxyl groups excluding tert-OH is 2. The molecule has 0 fully saturated rings. The number of nitrogens with zero attached hydrogens (tertiary/aromatic N) is 6. The van der Waals surface area contributed by atoms with Crippen molar-refractivity contribution in [1.29, 1.82) is 0 Å². The molecule has 0 aliphatic carbocycles. The van der Waals surface area contributed by atoms with Gasteiger partial charge in [-0.2, -0.15) is 13.8 Å². The van der Waals surface area contributed by atoms with E-state index >= 15 is 0 Å². The Kier molecular flexibility index (Phi) is 46.5. The number of rotatable bonds is 29. The summed E-state index contributed by atoms with van der Waals surface area (Å²) >= 11 is 0. The second kappa shape index (κ2) is 50.9. The molecule has 6 aromatic rings. The average Bonchev–Trinajstić information content (AvgIpc) is 1.67. The molecule has 0 saturated heterocycles. The van der Waals surface area contributed by atoms with Crippen LogP contribution in [0.3, 0.4) is 0 Å². The molecule has 0 aromatic heterocycles. The Morgan fingerprint density at radius 1 is 0.292 bits per heavy atom. The Morgan fingerprint density at radius 3 is 0.833 bits per heavy atom. The van der Waals surface area contributed by atoms with Gasteiger partial charge in [0.25, 0.3) is 0 Å². The molecule has 0 saturated carbocycles. The van der Waals surface area contributed by atoms with Crippen molar-refractivity contribution in [3.05, 3.63) is 278 Å². The predicted octanol–water partition coefficient (Wildman–Crippen LogP) is 24.4. The molecular weight excluding hydrogens is 1310 g/mol. The Bertz CT molecular complexity index is 3340. The number of allylic oxidation sites excluding steroid dienone is 6. The van der Waals surface area contributed by atoms with Gasteiger partial charge in [-0.05, 0) is 196 Å². The summed E-state index contributed by atoms with van der Waals surface area (Å²) < 4.78 is 4.23. The monoisotopic (exact) mass is 1430 g/mol. The predicted molar refractivity (Wildman–Crippen MR) is 404 cm³/mol. The van der Waals surface area contributed by atoms with Gasteiger partial charge in [-0.15, -0.1) is 0 Å². The molecule has 8 nitrogen and oxygen atoms in total. The van der Waals surface area contributed by atoms with Crippen LogP contribution in [-0.4, -0.2) is 38.5 Å². The van der Waals surface area contributed by atoms with Crippen molar-refractivity contribution in [3.63, 3.8) is 0 Å². The van der Waals surface area contributed by atoms with Crippen molar-refractivity contribution in [2.24, 2.45) is 0 Å². The summed E-state index contributed by atoms with van der Waals surface area (Å²) in [6, 6.07) is 51.6. The zero-order chi connectivity index (χ0) is 69.2. The van der Waals surface area contributed by atoms with E-state index in [0.29, 0.717) is 0 Å². The van der Waals surface area contributed by atoms with Gasteiger partial charge in [0.1, 0.15) is 0 Å². The number of benzene rings is 6. The van der Waals surface area contributed by atoms with Crippen LogP contribution in [0.1, 0.15) is 252 Å². The van der Waals surface area contributed by atoms with Gasteiger partial charge >= 0.3 is 16.5 Å². The third kappa shape index (κ3) is 26.5. The number of hydrogen-bond donors (Lipinski definition) is 2. The van der Waals surface area contributed by atoms with Gasteiger partial charge < -0.3 is 40.7 Å². The minimum absolute atomic E-state index is 0. The molecule has 9 rings (SSSR count). The molecule has 3 heterocycles. The number of aryl methyl sites for hydroxylation is 6. The molecule has 3 aliphatic rings. The Hall–Kier alpha value is -6.36. The van der Waals surface area contributed by atoms with E-state index in [-0.39, 0.29) is 36.9 Å². The van der Waals surface area contributed by atoms with E-state index in [2.05, 4.69) is 240 Å². The van der Waals surface area contributed by atoms with Gasteiger partial charge in [-0.1, -0.05) is 193 Å². The van der Waals surface area contributed by atoms with Crippen LogP contribution in [0.5, 0.6) is 0 Å². The number of aliphatic hydroxyl groups is 2. The Labute approximate surface area is 607 Å². The first-order valence-corrected chi connectivity index (χ1v) is 35.7. The zero-order valence-corrected chi connectivity index (χ0v) is 63.5. The quantitative estimate of drug-likeness (QED) is 0.0211. The molecule has 0 radical (unpaired) electrons. The molecule has 0 bridgehead atoms. The topological polar surface area (TPSA) is 116 Å². The first-order chi connectivity index (χ1) is 46.0. The maximum Gasteiger partial charge on any atom is 2.00 e. The second-order valence-electron chi connectivity index (χ2n) is 23.7. The summed E-state index contributed by atoms with van der Waals surface area (Å²) in [6.45, 7) is 29.8. The van der Waals surface area contributed by atoms with Crippen LogP contribution >= 0.6 is 0 Å². The van der Waals surface area contributed by atoms with E-state index in [1.54, 1.807) is 13.8 Å². The minimum atomic E-state index is 0. The fraction of sp³-hybridized carbons (Fsp3) is 0.419. The number of hydrogen-bond acceptors (Lipinski definition) is 2. The molecule has 524 valence electrons. The molecule has 0 spiro atoms. The summed E-state index contributed by atoms with van der Waals surface area (Å²) in [5, 5.41) is 14.0. The van der Waals surface area contributed by atoms with E-state index < -0.39 is 0 Å².